The van der Waals surface area contributed by atoms with Crippen LogP contribution in [0.15, 0.2) is 54.9 Å². The van der Waals surface area contributed by atoms with Crippen molar-refractivity contribution in [3.63, 3.8) is 0 Å². The van der Waals surface area contributed by atoms with E-state index < -0.39 is 23.5 Å². The second-order valence-electron chi connectivity index (χ2n) is 4.92. The number of aromatic nitrogens is 2. The third-order valence-corrected chi connectivity index (χ3v) is 3.50. The van der Waals surface area contributed by atoms with E-state index >= 15 is 0 Å². The third kappa shape index (κ3) is 2.64. The van der Waals surface area contributed by atoms with E-state index in [2.05, 4.69) is 9.97 Å². The highest BCUT2D eigenvalue weighted by molar-refractivity contribution is 5.41. The van der Waals surface area contributed by atoms with Gasteiger partial charge >= 0.3 is 6.18 Å². The highest BCUT2D eigenvalue weighted by atomic mass is 19.4. The van der Waals surface area contributed by atoms with Crippen LogP contribution in [0.5, 0.6) is 0 Å². The van der Waals surface area contributed by atoms with Gasteiger partial charge in [0, 0.05) is 29.3 Å². The summed E-state index contributed by atoms with van der Waals surface area (Å²) in [5.74, 6) is -1.34. The lowest BCUT2D eigenvalue weighted by Crippen LogP contribution is -2.11. The molecule has 2 heterocycles. The number of alkyl halides is 3. The molecule has 0 saturated heterocycles. The summed E-state index contributed by atoms with van der Waals surface area (Å²) in [6.45, 7) is 0. The monoisotopic (exact) mass is 308 g/mol. The zero-order valence-electron chi connectivity index (χ0n) is 11.3. The average Bonchev–Trinajstić information content (AvgIpc) is 3.13. The normalized spacial score (nSPS) is 12.0. The van der Waals surface area contributed by atoms with E-state index in [0.717, 1.165) is 18.2 Å². The molecule has 0 radical (unpaired) electrons. The minimum absolute atomic E-state index is 0.0280. The van der Waals surface area contributed by atoms with Crippen LogP contribution in [0.25, 0.3) is 0 Å². The molecular weight excluding hydrogens is 296 g/mol. The number of H-pyrrole nitrogens is 2. The quantitative estimate of drug-likeness (QED) is 0.658. The molecule has 0 aliphatic heterocycles. The molecule has 0 saturated carbocycles. The second-order valence-corrected chi connectivity index (χ2v) is 4.92. The fourth-order valence-corrected chi connectivity index (χ4v) is 2.49. The third-order valence-electron chi connectivity index (χ3n) is 3.50. The van der Waals surface area contributed by atoms with Crippen LogP contribution in [0.1, 0.15) is 28.4 Å². The summed E-state index contributed by atoms with van der Waals surface area (Å²) in [6, 6.07) is 9.34. The van der Waals surface area contributed by atoms with Crippen LogP contribution < -0.4 is 0 Å². The minimum Gasteiger partial charge on any atom is -0.364 e. The van der Waals surface area contributed by atoms with Gasteiger partial charge in [0.25, 0.3) is 0 Å². The van der Waals surface area contributed by atoms with Crippen LogP contribution in [-0.2, 0) is 6.18 Å². The van der Waals surface area contributed by atoms with Gasteiger partial charge in [-0.15, -0.1) is 0 Å². The van der Waals surface area contributed by atoms with E-state index in [1.807, 2.05) is 0 Å². The molecule has 0 atom stereocenters. The molecule has 0 amide bonds. The van der Waals surface area contributed by atoms with Crippen molar-refractivity contribution in [3.8, 4) is 0 Å². The summed E-state index contributed by atoms with van der Waals surface area (Å²) in [7, 11) is 0. The first-order chi connectivity index (χ1) is 10.5. The van der Waals surface area contributed by atoms with Gasteiger partial charge in [-0.3, -0.25) is 0 Å². The molecular formula is C16H12F4N2. The van der Waals surface area contributed by atoms with Crippen molar-refractivity contribution < 1.29 is 17.6 Å². The van der Waals surface area contributed by atoms with Crippen LogP contribution in [0, 0.1) is 5.82 Å². The maximum Gasteiger partial charge on any atom is 0.416 e. The smallest absolute Gasteiger partial charge is 0.364 e. The Morgan fingerprint density at radius 3 is 1.91 bits per heavy atom. The van der Waals surface area contributed by atoms with Crippen molar-refractivity contribution in [3.05, 3.63) is 83.2 Å². The fourth-order valence-electron chi connectivity index (χ4n) is 2.49. The number of nitrogens with one attached hydrogen (secondary N) is 2. The van der Waals surface area contributed by atoms with Gasteiger partial charge in [0.1, 0.15) is 5.82 Å². The average molecular weight is 308 g/mol. The Bertz CT molecular complexity index is 709. The van der Waals surface area contributed by atoms with Crippen molar-refractivity contribution in [2.75, 3.05) is 0 Å². The van der Waals surface area contributed by atoms with E-state index in [1.165, 1.54) is 0 Å². The van der Waals surface area contributed by atoms with Crippen molar-refractivity contribution >= 4 is 0 Å². The molecule has 22 heavy (non-hydrogen) atoms. The maximum absolute atomic E-state index is 14.2. The number of halogens is 4. The van der Waals surface area contributed by atoms with E-state index in [0.29, 0.717) is 11.4 Å². The highest BCUT2D eigenvalue weighted by Gasteiger charge is 2.32. The molecule has 3 aromatic rings. The van der Waals surface area contributed by atoms with Gasteiger partial charge in [-0.1, -0.05) is 0 Å². The number of aromatic amines is 2. The first kappa shape index (κ1) is 14.4. The molecule has 2 aromatic heterocycles. The molecule has 0 aliphatic rings. The molecule has 0 aliphatic carbocycles. The molecule has 3 rings (SSSR count). The van der Waals surface area contributed by atoms with Crippen molar-refractivity contribution in [2.24, 2.45) is 0 Å². The van der Waals surface area contributed by atoms with Crippen LogP contribution >= 0.6 is 0 Å². The van der Waals surface area contributed by atoms with Crippen molar-refractivity contribution in [1.29, 1.82) is 0 Å². The number of hydrogen-bond acceptors (Lipinski definition) is 0. The predicted octanol–water partition coefficient (Wildman–Crippen LogP) is 4.68. The summed E-state index contributed by atoms with van der Waals surface area (Å²) in [4.78, 5) is 5.88. The maximum atomic E-state index is 14.2. The van der Waals surface area contributed by atoms with Gasteiger partial charge in [-0.05, 0) is 42.5 Å². The Hall–Kier alpha value is -2.50. The zero-order valence-corrected chi connectivity index (χ0v) is 11.3. The number of hydrogen-bond donors (Lipinski definition) is 2. The minimum atomic E-state index is -4.52. The fraction of sp³-hybridized carbons (Fsp3) is 0.125. The van der Waals surface area contributed by atoms with E-state index in [1.54, 1.807) is 36.7 Å². The highest BCUT2D eigenvalue weighted by Crippen LogP contribution is 2.36. The van der Waals surface area contributed by atoms with Gasteiger partial charge < -0.3 is 9.97 Å². The van der Waals surface area contributed by atoms with Gasteiger partial charge in [-0.2, -0.15) is 13.2 Å². The van der Waals surface area contributed by atoms with Crippen LogP contribution in [0.2, 0.25) is 0 Å². The molecule has 0 spiro atoms. The van der Waals surface area contributed by atoms with Gasteiger partial charge in [-0.25, -0.2) is 4.39 Å². The zero-order chi connectivity index (χ0) is 15.7. The van der Waals surface area contributed by atoms with Crippen molar-refractivity contribution in [2.45, 2.75) is 12.1 Å². The Labute approximate surface area is 123 Å². The standard InChI is InChI=1S/C16H12F4N2/c17-12-6-5-10(16(18,19)20)9-11(12)15(13-3-1-7-21-13)14-4-2-8-22-14/h1-9,15,21-22H. The second kappa shape index (κ2) is 5.36. The lowest BCUT2D eigenvalue weighted by molar-refractivity contribution is -0.137. The Morgan fingerprint density at radius 1 is 0.864 bits per heavy atom. The summed E-state index contributed by atoms with van der Waals surface area (Å²) >= 11 is 0. The lowest BCUT2D eigenvalue weighted by Gasteiger charge is -2.18. The summed E-state index contributed by atoms with van der Waals surface area (Å²) in [5.41, 5.74) is 0.327. The van der Waals surface area contributed by atoms with Gasteiger partial charge in [0.15, 0.2) is 0 Å². The molecule has 2 nitrogen and oxygen atoms in total. The predicted molar refractivity (Wildman–Crippen MR) is 73.9 cm³/mol. The van der Waals surface area contributed by atoms with Crippen LogP contribution in [-0.4, -0.2) is 9.97 Å². The van der Waals surface area contributed by atoms with E-state index in [4.69, 9.17) is 0 Å². The first-order valence-electron chi connectivity index (χ1n) is 6.60. The van der Waals surface area contributed by atoms with Crippen molar-refractivity contribution in [1.82, 2.24) is 9.97 Å². The van der Waals surface area contributed by atoms with Crippen LogP contribution in [0.4, 0.5) is 17.6 Å². The molecule has 2 N–H and O–H groups in total. The molecule has 0 fully saturated rings. The molecule has 6 heteroatoms. The Balaban J connectivity index is 2.17. The van der Waals surface area contributed by atoms with Gasteiger partial charge in [0.2, 0.25) is 0 Å². The number of rotatable bonds is 3. The lowest BCUT2D eigenvalue weighted by atomic mass is 9.91. The summed E-state index contributed by atoms with van der Waals surface area (Å²) < 4.78 is 52.9. The first-order valence-corrected chi connectivity index (χ1v) is 6.60. The molecule has 0 bridgehead atoms. The van der Waals surface area contributed by atoms with E-state index in [-0.39, 0.29) is 5.56 Å². The molecule has 114 valence electrons. The molecule has 0 unspecified atom stereocenters. The number of benzene rings is 1. The van der Waals surface area contributed by atoms with Gasteiger partial charge in [0.05, 0.1) is 11.5 Å². The Kier molecular flexibility index (Phi) is 3.52. The van der Waals surface area contributed by atoms with Crippen LogP contribution in [0.3, 0.4) is 0 Å². The topological polar surface area (TPSA) is 31.6 Å². The summed E-state index contributed by atoms with van der Waals surface area (Å²) in [6.07, 6.45) is -1.22. The molecule has 1 aromatic carbocycles. The summed E-state index contributed by atoms with van der Waals surface area (Å²) in [5, 5.41) is 0. The van der Waals surface area contributed by atoms with E-state index in [9.17, 15) is 17.6 Å². The SMILES string of the molecule is Fc1ccc(C(F)(F)F)cc1C(c1ccc[nH]1)c1ccc[nH]1. The Morgan fingerprint density at radius 2 is 1.45 bits per heavy atom. The largest absolute Gasteiger partial charge is 0.416 e.